The van der Waals surface area contributed by atoms with E-state index < -0.39 is 23.5 Å². The molecule has 1 unspecified atom stereocenters. The van der Waals surface area contributed by atoms with Crippen molar-refractivity contribution in [2.75, 3.05) is 18.6 Å². The maximum absolute atomic E-state index is 13.4. The summed E-state index contributed by atoms with van der Waals surface area (Å²) in [6.07, 6.45) is 0. The molecule has 0 fully saturated rings. The van der Waals surface area contributed by atoms with Gasteiger partial charge in [0.1, 0.15) is 17.3 Å². The van der Waals surface area contributed by atoms with Gasteiger partial charge in [-0.15, -0.1) is 0 Å². The lowest BCUT2D eigenvalue weighted by atomic mass is 9.95. The standard InChI is InChI=1S/C26H22N2O6S/c1-4-33-17-10-11-18-20(13-17)35-26(27-18)28-22(15-6-8-16(32-3)9-7-15)21(24(30)25(28)31)23(29)19-12-5-14(2)34-19/h5-13,22,30H,4H2,1-3H3. The molecule has 0 saturated heterocycles. The molecular weight excluding hydrogens is 468 g/mol. The molecule has 4 aromatic rings. The SMILES string of the molecule is CCOc1ccc2nc(N3C(=O)C(O)=C(C(=O)c4ccc(C)o4)C3c3ccc(OC)cc3)sc2c1. The van der Waals surface area contributed by atoms with E-state index in [1.54, 1.807) is 44.4 Å². The first-order valence-electron chi connectivity index (χ1n) is 11.0. The van der Waals surface area contributed by atoms with E-state index in [4.69, 9.17) is 13.9 Å². The van der Waals surface area contributed by atoms with Gasteiger partial charge >= 0.3 is 0 Å². The van der Waals surface area contributed by atoms with E-state index in [1.165, 1.54) is 22.3 Å². The van der Waals surface area contributed by atoms with Crippen molar-refractivity contribution in [1.82, 2.24) is 4.98 Å². The number of hydrogen-bond acceptors (Lipinski definition) is 8. The molecule has 1 aliphatic rings. The van der Waals surface area contributed by atoms with Crippen molar-refractivity contribution < 1.29 is 28.6 Å². The maximum atomic E-state index is 13.4. The number of hydrogen-bond donors (Lipinski definition) is 1. The molecule has 1 N–H and O–H groups in total. The molecule has 2 aromatic carbocycles. The molecule has 5 rings (SSSR count). The Morgan fingerprint density at radius 1 is 1.14 bits per heavy atom. The van der Waals surface area contributed by atoms with Gasteiger partial charge in [-0.1, -0.05) is 23.5 Å². The fourth-order valence-electron chi connectivity index (χ4n) is 4.08. The van der Waals surface area contributed by atoms with Gasteiger partial charge in [0.2, 0.25) is 5.78 Å². The molecular formula is C26H22N2O6S. The quantitative estimate of drug-likeness (QED) is 0.347. The van der Waals surface area contributed by atoms with E-state index in [2.05, 4.69) is 4.98 Å². The number of carbonyl (C=O) groups is 2. The first kappa shape index (κ1) is 22.7. The number of ether oxygens (including phenoxy) is 2. The molecule has 8 nitrogen and oxygen atoms in total. The summed E-state index contributed by atoms with van der Waals surface area (Å²) in [7, 11) is 1.55. The zero-order chi connectivity index (χ0) is 24.7. The number of anilines is 1. The lowest BCUT2D eigenvalue weighted by molar-refractivity contribution is -0.117. The van der Waals surface area contributed by atoms with Crippen molar-refractivity contribution >= 4 is 38.4 Å². The number of aliphatic hydroxyl groups is 1. The Labute approximate surface area is 205 Å². The summed E-state index contributed by atoms with van der Waals surface area (Å²) in [4.78, 5) is 32.8. The zero-order valence-electron chi connectivity index (χ0n) is 19.3. The van der Waals surface area contributed by atoms with Crippen molar-refractivity contribution in [3.05, 3.63) is 83.0 Å². The number of aliphatic hydroxyl groups excluding tert-OH is 1. The van der Waals surface area contributed by atoms with Gasteiger partial charge in [0, 0.05) is 0 Å². The number of benzene rings is 2. The number of aryl methyl sites for hydroxylation is 1. The molecule has 0 saturated carbocycles. The second-order valence-electron chi connectivity index (χ2n) is 7.91. The lowest BCUT2D eigenvalue weighted by Crippen LogP contribution is -2.30. The van der Waals surface area contributed by atoms with Crippen LogP contribution in [-0.2, 0) is 4.79 Å². The summed E-state index contributed by atoms with van der Waals surface area (Å²) < 4.78 is 17.2. The number of thiazole rings is 1. The highest BCUT2D eigenvalue weighted by Gasteiger charge is 2.46. The fourth-order valence-corrected chi connectivity index (χ4v) is 5.10. The van der Waals surface area contributed by atoms with Crippen LogP contribution >= 0.6 is 11.3 Å². The number of methoxy groups -OCH3 is 1. The number of fused-ring (bicyclic) bond motifs is 1. The number of aromatic nitrogens is 1. The molecule has 1 amide bonds. The van der Waals surface area contributed by atoms with Crippen molar-refractivity contribution in [1.29, 1.82) is 0 Å². The first-order valence-corrected chi connectivity index (χ1v) is 11.8. The van der Waals surface area contributed by atoms with Gasteiger partial charge < -0.3 is 19.0 Å². The van der Waals surface area contributed by atoms with Crippen LogP contribution in [0.15, 0.2) is 70.3 Å². The molecule has 35 heavy (non-hydrogen) atoms. The van der Waals surface area contributed by atoms with E-state index in [-0.39, 0.29) is 11.3 Å². The Bertz CT molecular complexity index is 1470. The lowest BCUT2D eigenvalue weighted by Gasteiger charge is -2.24. The van der Waals surface area contributed by atoms with Gasteiger partial charge in [0.15, 0.2) is 16.7 Å². The third-order valence-corrected chi connectivity index (χ3v) is 6.73. The Morgan fingerprint density at radius 2 is 1.89 bits per heavy atom. The summed E-state index contributed by atoms with van der Waals surface area (Å²) >= 11 is 1.28. The van der Waals surface area contributed by atoms with Crippen molar-refractivity contribution in [2.24, 2.45) is 0 Å². The molecule has 2 aromatic heterocycles. The molecule has 1 atom stereocenters. The zero-order valence-corrected chi connectivity index (χ0v) is 20.1. The third-order valence-electron chi connectivity index (χ3n) is 5.71. The number of ketones is 1. The van der Waals surface area contributed by atoms with Crippen LogP contribution in [0.4, 0.5) is 5.13 Å². The smallest absolute Gasteiger partial charge is 0.296 e. The Kier molecular flexibility index (Phi) is 5.78. The molecule has 9 heteroatoms. The topological polar surface area (TPSA) is 102 Å². The number of carbonyl (C=O) groups excluding carboxylic acids is 2. The van der Waals surface area contributed by atoms with Gasteiger partial charge in [-0.05, 0) is 61.9 Å². The van der Waals surface area contributed by atoms with E-state index >= 15 is 0 Å². The fraction of sp³-hybridized carbons (Fsp3) is 0.192. The van der Waals surface area contributed by atoms with Gasteiger partial charge in [0.25, 0.3) is 5.91 Å². The Morgan fingerprint density at radius 3 is 2.54 bits per heavy atom. The summed E-state index contributed by atoms with van der Waals surface area (Å²) in [5, 5.41) is 11.3. The molecule has 0 aliphatic carbocycles. The average Bonchev–Trinajstić information content (AvgIpc) is 3.55. The number of nitrogens with zero attached hydrogens (tertiary/aromatic N) is 2. The molecule has 0 bridgehead atoms. The van der Waals surface area contributed by atoms with E-state index in [0.717, 1.165) is 4.70 Å². The van der Waals surface area contributed by atoms with E-state index in [9.17, 15) is 14.7 Å². The minimum Gasteiger partial charge on any atom is -0.503 e. The van der Waals surface area contributed by atoms with Crippen molar-refractivity contribution in [3.8, 4) is 11.5 Å². The number of rotatable bonds is 7. The van der Waals surface area contributed by atoms with Gasteiger partial charge in [-0.25, -0.2) is 4.98 Å². The highest BCUT2D eigenvalue weighted by molar-refractivity contribution is 7.22. The van der Waals surface area contributed by atoms with Crippen molar-refractivity contribution in [3.63, 3.8) is 0 Å². The summed E-state index contributed by atoms with van der Waals surface area (Å²) in [5.41, 5.74) is 1.23. The van der Waals surface area contributed by atoms with E-state index in [0.29, 0.717) is 40.1 Å². The van der Waals surface area contributed by atoms with Crippen LogP contribution in [0.2, 0.25) is 0 Å². The van der Waals surface area contributed by atoms with Crippen molar-refractivity contribution in [2.45, 2.75) is 19.9 Å². The molecule has 1 aliphatic heterocycles. The summed E-state index contributed by atoms with van der Waals surface area (Å²) in [6, 6.07) is 14.7. The monoisotopic (exact) mass is 490 g/mol. The van der Waals surface area contributed by atoms with Gasteiger partial charge in [0.05, 0.1) is 35.5 Å². The van der Waals surface area contributed by atoms with Crippen LogP contribution in [-0.4, -0.2) is 35.5 Å². The highest BCUT2D eigenvalue weighted by atomic mass is 32.1. The third kappa shape index (κ3) is 3.93. The largest absolute Gasteiger partial charge is 0.503 e. The average molecular weight is 491 g/mol. The first-order chi connectivity index (χ1) is 16.9. The molecule has 0 radical (unpaired) electrons. The Balaban J connectivity index is 1.64. The van der Waals surface area contributed by atoms with E-state index in [1.807, 2.05) is 25.1 Å². The van der Waals surface area contributed by atoms with Gasteiger partial charge in [-0.2, -0.15) is 0 Å². The minimum absolute atomic E-state index is 0.0443. The summed E-state index contributed by atoms with van der Waals surface area (Å²) in [5.74, 6) is 0.0120. The van der Waals surface area contributed by atoms with Crippen LogP contribution in [0, 0.1) is 6.92 Å². The maximum Gasteiger partial charge on any atom is 0.296 e. The predicted octanol–water partition coefficient (Wildman–Crippen LogP) is 5.39. The normalized spacial score (nSPS) is 15.8. The van der Waals surface area contributed by atoms with Crippen LogP contribution < -0.4 is 14.4 Å². The molecule has 3 heterocycles. The number of furan rings is 1. The van der Waals surface area contributed by atoms with Crippen LogP contribution in [0.5, 0.6) is 11.5 Å². The second kappa shape index (κ2) is 8.92. The molecule has 0 spiro atoms. The number of Topliss-reactive ketones (excluding diaryl/α,β-unsaturated/α-hetero) is 1. The molecule has 178 valence electrons. The van der Waals surface area contributed by atoms with Crippen LogP contribution in [0.25, 0.3) is 10.2 Å². The van der Waals surface area contributed by atoms with Crippen LogP contribution in [0.3, 0.4) is 0 Å². The minimum atomic E-state index is -0.904. The van der Waals surface area contributed by atoms with Gasteiger partial charge in [-0.3, -0.25) is 14.5 Å². The second-order valence-corrected chi connectivity index (χ2v) is 8.92. The predicted molar refractivity (Wildman–Crippen MR) is 131 cm³/mol. The van der Waals surface area contributed by atoms with Crippen LogP contribution in [0.1, 0.15) is 34.8 Å². The number of amides is 1. The highest BCUT2D eigenvalue weighted by Crippen LogP contribution is 2.44. The Hall–Kier alpha value is -4.11. The summed E-state index contributed by atoms with van der Waals surface area (Å²) in [6.45, 7) is 4.14.